The lowest BCUT2D eigenvalue weighted by Crippen LogP contribution is -2.02. The lowest BCUT2D eigenvalue weighted by atomic mass is 10.0. The van der Waals surface area contributed by atoms with E-state index in [0.29, 0.717) is 41.8 Å². The normalized spacial score (nSPS) is 14.7. The Hall–Kier alpha value is -2.40. The van der Waals surface area contributed by atoms with Gasteiger partial charge in [0, 0.05) is 12.5 Å². The van der Waals surface area contributed by atoms with Crippen LogP contribution in [0.2, 0.25) is 0 Å². The van der Waals surface area contributed by atoms with E-state index in [1.165, 1.54) is 0 Å². The van der Waals surface area contributed by atoms with Crippen LogP contribution < -0.4 is 18.9 Å². The van der Waals surface area contributed by atoms with E-state index in [9.17, 15) is 5.11 Å². The van der Waals surface area contributed by atoms with Gasteiger partial charge < -0.3 is 24.1 Å². The van der Waals surface area contributed by atoms with Crippen molar-refractivity contribution in [1.82, 2.24) is 0 Å². The van der Waals surface area contributed by atoms with Gasteiger partial charge in [-0.05, 0) is 35.4 Å². The van der Waals surface area contributed by atoms with E-state index in [2.05, 4.69) is 0 Å². The highest BCUT2D eigenvalue weighted by molar-refractivity contribution is 5.47. The quantitative estimate of drug-likeness (QED) is 0.940. The van der Waals surface area contributed by atoms with Crippen LogP contribution in [0.25, 0.3) is 0 Å². The fraction of sp³-hybridized carbons (Fsp3) is 0.333. The van der Waals surface area contributed by atoms with Crippen molar-refractivity contribution >= 4 is 0 Å². The molecular formula is C18H20O5. The standard InChI is InChI=1S/C18H20O5/c1-20-14-8-13(9-15(11-14)21-2)18(19)12-4-5-16-17(10-12)23-7-3-6-22-16/h4-5,8-11,18-19H,3,6-7H2,1-2H3. The number of hydrogen-bond acceptors (Lipinski definition) is 5. The third-order valence-electron chi connectivity index (χ3n) is 3.78. The summed E-state index contributed by atoms with van der Waals surface area (Å²) in [5.41, 5.74) is 1.42. The predicted molar refractivity (Wildman–Crippen MR) is 85.7 cm³/mol. The van der Waals surface area contributed by atoms with E-state index in [4.69, 9.17) is 18.9 Å². The summed E-state index contributed by atoms with van der Waals surface area (Å²) in [7, 11) is 3.16. The lowest BCUT2D eigenvalue weighted by Gasteiger charge is -2.16. The molecule has 0 aromatic heterocycles. The van der Waals surface area contributed by atoms with Crippen molar-refractivity contribution in [3.63, 3.8) is 0 Å². The summed E-state index contributed by atoms with van der Waals surface area (Å²) in [5, 5.41) is 10.7. The van der Waals surface area contributed by atoms with Gasteiger partial charge in [0.2, 0.25) is 0 Å². The number of rotatable bonds is 4. The largest absolute Gasteiger partial charge is 0.497 e. The van der Waals surface area contributed by atoms with E-state index in [0.717, 1.165) is 12.0 Å². The number of fused-ring (bicyclic) bond motifs is 1. The molecule has 0 saturated carbocycles. The molecule has 5 heteroatoms. The molecule has 5 nitrogen and oxygen atoms in total. The highest BCUT2D eigenvalue weighted by atomic mass is 16.5. The first-order valence-corrected chi connectivity index (χ1v) is 7.52. The fourth-order valence-corrected chi connectivity index (χ4v) is 2.53. The second-order valence-corrected chi connectivity index (χ2v) is 5.31. The average Bonchev–Trinajstić information content (AvgIpc) is 2.85. The summed E-state index contributed by atoms with van der Waals surface area (Å²) in [6, 6.07) is 10.8. The van der Waals surface area contributed by atoms with Gasteiger partial charge in [0.05, 0.1) is 27.4 Å². The molecule has 0 fully saturated rings. The molecule has 1 N–H and O–H groups in total. The number of benzene rings is 2. The molecule has 2 aromatic rings. The maximum absolute atomic E-state index is 10.7. The van der Waals surface area contributed by atoms with Gasteiger partial charge >= 0.3 is 0 Å². The summed E-state index contributed by atoms with van der Waals surface area (Å²) < 4.78 is 21.8. The molecule has 1 unspecified atom stereocenters. The lowest BCUT2D eigenvalue weighted by molar-refractivity contribution is 0.218. The molecule has 1 aliphatic rings. The van der Waals surface area contributed by atoms with Gasteiger partial charge in [-0.2, -0.15) is 0 Å². The van der Waals surface area contributed by atoms with Crippen molar-refractivity contribution in [3.8, 4) is 23.0 Å². The van der Waals surface area contributed by atoms with Crippen molar-refractivity contribution in [2.45, 2.75) is 12.5 Å². The average molecular weight is 316 g/mol. The molecule has 0 amide bonds. The molecule has 0 spiro atoms. The first-order chi connectivity index (χ1) is 11.2. The van der Waals surface area contributed by atoms with Gasteiger partial charge in [-0.3, -0.25) is 0 Å². The zero-order valence-electron chi connectivity index (χ0n) is 13.2. The topological polar surface area (TPSA) is 57.2 Å². The van der Waals surface area contributed by atoms with Crippen LogP contribution in [0, 0.1) is 0 Å². The van der Waals surface area contributed by atoms with Crippen molar-refractivity contribution in [2.24, 2.45) is 0 Å². The Morgan fingerprint density at radius 1 is 0.870 bits per heavy atom. The predicted octanol–water partition coefficient (Wildman–Crippen LogP) is 2.95. The number of ether oxygens (including phenoxy) is 4. The summed E-state index contributed by atoms with van der Waals surface area (Å²) in [4.78, 5) is 0. The van der Waals surface area contributed by atoms with Gasteiger partial charge in [-0.25, -0.2) is 0 Å². The maximum atomic E-state index is 10.7. The minimum absolute atomic E-state index is 0.611. The first-order valence-electron chi connectivity index (χ1n) is 7.52. The SMILES string of the molecule is COc1cc(OC)cc(C(O)c2ccc3c(c2)OCCCO3)c1. The summed E-state index contributed by atoms with van der Waals surface area (Å²) >= 11 is 0. The van der Waals surface area contributed by atoms with Gasteiger partial charge in [-0.15, -0.1) is 0 Å². The molecule has 23 heavy (non-hydrogen) atoms. The smallest absolute Gasteiger partial charge is 0.161 e. The number of aliphatic hydroxyl groups is 1. The monoisotopic (exact) mass is 316 g/mol. The fourth-order valence-electron chi connectivity index (χ4n) is 2.53. The minimum atomic E-state index is -0.809. The zero-order valence-corrected chi connectivity index (χ0v) is 13.2. The van der Waals surface area contributed by atoms with Gasteiger partial charge in [-0.1, -0.05) is 6.07 Å². The van der Waals surface area contributed by atoms with E-state index in [1.807, 2.05) is 18.2 Å². The number of aliphatic hydroxyl groups excluding tert-OH is 1. The van der Waals surface area contributed by atoms with E-state index < -0.39 is 6.10 Å². The summed E-state index contributed by atoms with van der Waals surface area (Å²) in [5.74, 6) is 2.64. The Morgan fingerprint density at radius 3 is 2.17 bits per heavy atom. The second-order valence-electron chi connectivity index (χ2n) is 5.31. The van der Waals surface area contributed by atoms with Crippen LogP contribution in [0.5, 0.6) is 23.0 Å². The molecule has 122 valence electrons. The number of hydrogen-bond donors (Lipinski definition) is 1. The van der Waals surface area contributed by atoms with Crippen molar-refractivity contribution in [3.05, 3.63) is 47.5 Å². The van der Waals surface area contributed by atoms with Crippen LogP contribution in [-0.4, -0.2) is 32.5 Å². The van der Waals surface area contributed by atoms with Crippen LogP contribution in [0.3, 0.4) is 0 Å². The third kappa shape index (κ3) is 3.35. The van der Waals surface area contributed by atoms with Crippen LogP contribution >= 0.6 is 0 Å². The van der Waals surface area contributed by atoms with Crippen LogP contribution in [0.1, 0.15) is 23.7 Å². The van der Waals surface area contributed by atoms with E-state index >= 15 is 0 Å². The molecule has 1 heterocycles. The van der Waals surface area contributed by atoms with Gasteiger partial charge in [0.1, 0.15) is 17.6 Å². The molecule has 0 bridgehead atoms. The molecule has 0 aliphatic carbocycles. The molecular weight excluding hydrogens is 296 g/mol. The van der Waals surface area contributed by atoms with E-state index in [-0.39, 0.29) is 0 Å². The van der Waals surface area contributed by atoms with Crippen LogP contribution in [-0.2, 0) is 0 Å². The van der Waals surface area contributed by atoms with Crippen molar-refractivity contribution in [2.75, 3.05) is 27.4 Å². The number of methoxy groups -OCH3 is 2. The molecule has 0 saturated heterocycles. The molecule has 0 radical (unpaired) electrons. The Kier molecular flexibility index (Phi) is 4.57. The van der Waals surface area contributed by atoms with Crippen LogP contribution in [0.4, 0.5) is 0 Å². The van der Waals surface area contributed by atoms with E-state index in [1.54, 1.807) is 32.4 Å². The third-order valence-corrected chi connectivity index (χ3v) is 3.78. The van der Waals surface area contributed by atoms with Gasteiger partial charge in [0.25, 0.3) is 0 Å². The Labute approximate surface area is 135 Å². The Balaban J connectivity index is 1.93. The Morgan fingerprint density at radius 2 is 1.52 bits per heavy atom. The zero-order chi connectivity index (χ0) is 16.2. The summed E-state index contributed by atoms with van der Waals surface area (Å²) in [6.07, 6.45) is 0.0378. The first kappa shape index (κ1) is 15.5. The van der Waals surface area contributed by atoms with Gasteiger partial charge in [0.15, 0.2) is 11.5 Å². The van der Waals surface area contributed by atoms with Crippen molar-refractivity contribution < 1.29 is 24.1 Å². The second kappa shape index (κ2) is 6.79. The summed E-state index contributed by atoms with van der Waals surface area (Å²) in [6.45, 7) is 1.25. The molecule has 3 rings (SSSR count). The maximum Gasteiger partial charge on any atom is 0.161 e. The molecule has 1 aliphatic heterocycles. The highest BCUT2D eigenvalue weighted by Gasteiger charge is 2.17. The minimum Gasteiger partial charge on any atom is -0.497 e. The van der Waals surface area contributed by atoms with Crippen molar-refractivity contribution in [1.29, 1.82) is 0 Å². The Bertz CT molecular complexity index is 661. The molecule has 2 aromatic carbocycles. The highest BCUT2D eigenvalue weighted by Crippen LogP contribution is 2.35. The molecule has 1 atom stereocenters. The van der Waals surface area contributed by atoms with Crippen LogP contribution in [0.15, 0.2) is 36.4 Å².